The number of carbonyl (C=O) groups is 1. The van der Waals surface area contributed by atoms with E-state index < -0.39 is 0 Å². The monoisotopic (exact) mass is 378 g/mol. The molecule has 0 bridgehead atoms. The number of carbonyl (C=O) groups excluding carboxylic acids is 1. The molecule has 28 heavy (non-hydrogen) atoms. The van der Waals surface area contributed by atoms with Crippen LogP contribution in [0.4, 0.5) is 5.69 Å². The van der Waals surface area contributed by atoms with Crippen molar-refractivity contribution in [1.29, 1.82) is 0 Å². The molecule has 150 valence electrons. The van der Waals surface area contributed by atoms with Gasteiger partial charge in [-0.1, -0.05) is 37.6 Å². The van der Waals surface area contributed by atoms with Gasteiger partial charge in [0, 0.05) is 31.6 Å². The molecule has 0 unspecified atom stereocenters. The van der Waals surface area contributed by atoms with Gasteiger partial charge in [-0.05, 0) is 79.3 Å². The zero-order valence-electron chi connectivity index (χ0n) is 17.8. The molecule has 1 aromatic rings. The number of allylic oxidation sites excluding steroid dienone is 5. The van der Waals surface area contributed by atoms with Crippen LogP contribution in [0.5, 0.6) is 0 Å². The fraction of sp³-hybridized carbons (Fsp3) is 0.480. The van der Waals surface area contributed by atoms with Crippen molar-refractivity contribution in [2.24, 2.45) is 0 Å². The van der Waals surface area contributed by atoms with Crippen LogP contribution in [-0.4, -0.2) is 33.5 Å². The molecule has 0 heterocycles. The molecule has 3 heteroatoms. The van der Waals surface area contributed by atoms with E-state index in [-0.39, 0.29) is 5.41 Å². The maximum atomic E-state index is 10.3. The molecule has 0 spiro atoms. The van der Waals surface area contributed by atoms with Gasteiger partial charge in [0.25, 0.3) is 0 Å². The Hall–Kier alpha value is -2.13. The quantitative estimate of drug-likeness (QED) is 0.483. The number of benzene rings is 1. The lowest BCUT2D eigenvalue weighted by atomic mass is 9.67. The molecule has 0 fully saturated rings. The summed E-state index contributed by atoms with van der Waals surface area (Å²) < 4.78 is 0. The van der Waals surface area contributed by atoms with E-state index in [1.807, 2.05) is 0 Å². The first kappa shape index (κ1) is 20.6. The number of anilines is 1. The second-order valence-electron chi connectivity index (χ2n) is 8.68. The van der Waals surface area contributed by atoms with Crippen LogP contribution in [0.2, 0.25) is 0 Å². The molecule has 0 amide bonds. The number of unbranched alkanes of at least 4 members (excludes halogenated alkanes) is 1. The fourth-order valence-electron chi connectivity index (χ4n) is 4.30. The minimum Gasteiger partial charge on any atom is -0.378 e. The molecule has 0 aliphatic heterocycles. The first-order valence-electron chi connectivity index (χ1n) is 10.5. The van der Waals surface area contributed by atoms with Gasteiger partial charge >= 0.3 is 0 Å². The summed E-state index contributed by atoms with van der Waals surface area (Å²) in [4.78, 5) is 12.5. The van der Waals surface area contributed by atoms with Gasteiger partial charge in [0.2, 0.25) is 0 Å². The highest BCUT2D eigenvalue weighted by Gasteiger charge is 2.34. The fourth-order valence-corrected chi connectivity index (χ4v) is 4.30. The third-order valence-electron chi connectivity index (χ3n) is 5.98. The smallest absolute Gasteiger partial charge is 0.120 e. The molecular formula is C25H34N2O. The Morgan fingerprint density at radius 1 is 1.14 bits per heavy atom. The van der Waals surface area contributed by atoms with E-state index >= 15 is 0 Å². The van der Waals surface area contributed by atoms with Gasteiger partial charge in [0.15, 0.2) is 0 Å². The van der Waals surface area contributed by atoms with Crippen LogP contribution in [0.15, 0.2) is 47.1 Å². The van der Waals surface area contributed by atoms with Crippen molar-refractivity contribution in [3.63, 3.8) is 0 Å². The van der Waals surface area contributed by atoms with E-state index in [0.717, 1.165) is 45.1 Å². The predicted molar refractivity (Wildman–Crippen MR) is 120 cm³/mol. The normalized spacial score (nSPS) is 17.1. The highest BCUT2D eigenvalue weighted by Crippen LogP contribution is 2.46. The van der Waals surface area contributed by atoms with Crippen molar-refractivity contribution >= 4 is 18.0 Å². The molecule has 2 aliphatic rings. The number of nitrogens with zero attached hydrogens (tertiary/aromatic N) is 1. The Labute approximate surface area is 170 Å². The van der Waals surface area contributed by atoms with Gasteiger partial charge in [-0.3, -0.25) is 0 Å². The molecule has 0 saturated carbocycles. The summed E-state index contributed by atoms with van der Waals surface area (Å²) >= 11 is 0. The summed E-state index contributed by atoms with van der Waals surface area (Å²) in [5, 5.41) is 3.44. The molecular weight excluding hydrogens is 344 g/mol. The zero-order valence-corrected chi connectivity index (χ0v) is 17.8. The third-order valence-corrected chi connectivity index (χ3v) is 5.98. The van der Waals surface area contributed by atoms with Gasteiger partial charge in [0.1, 0.15) is 6.29 Å². The lowest BCUT2D eigenvalue weighted by Gasteiger charge is -2.37. The standard InChI is InChI=1S/C25H34N2O/c1-25(2)23-12-9-19(8-7-14-26-13-5-6-15-28)16-21(23)17-20-10-11-22(27(3)4)18-24(20)25/h10-12,15-18,26H,5-9,13-14H2,1-4H3. The number of aldehydes is 1. The van der Waals surface area contributed by atoms with Gasteiger partial charge < -0.3 is 15.0 Å². The van der Waals surface area contributed by atoms with Crippen molar-refractivity contribution in [3.8, 4) is 0 Å². The summed E-state index contributed by atoms with van der Waals surface area (Å²) in [7, 11) is 4.20. The van der Waals surface area contributed by atoms with Crippen LogP contribution < -0.4 is 10.2 Å². The minimum absolute atomic E-state index is 0.0353. The van der Waals surface area contributed by atoms with Gasteiger partial charge in [-0.2, -0.15) is 0 Å². The molecule has 2 aliphatic carbocycles. The van der Waals surface area contributed by atoms with E-state index in [4.69, 9.17) is 0 Å². The lowest BCUT2D eigenvalue weighted by Crippen LogP contribution is -2.27. The van der Waals surface area contributed by atoms with Crippen LogP contribution in [0.1, 0.15) is 57.1 Å². The summed E-state index contributed by atoms with van der Waals surface area (Å²) in [5.41, 5.74) is 8.43. The van der Waals surface area contributed by atoms with Crippen molar-refractivity contribution in [2.45, 2.75) is 51.4 Å². The molecule has 1 N–H and O–H groups in total. The van der Waals surface area contributed by atoms with Crippen molar-refractivity contribution in [3.05, 3.63) is 58.2 Å². The summed E-state index contributed by atoms with van der Waals surface area (Å²) in [6.07, 6.45) is 13.2. The van der Waals surface area contributed by atoms with Gasteiger partial charge in [-0.25, -0.2) is 0 Å². The Bertz CT molecular complexity index is 812. The van der Waals surface area contributed by atoms with E-state index in [0.29, 0.717) is 6.42 Å². The molecule has 0 radical (unpaired) electrons. The number of hydrogen-bond acceptors (Lipinski definition) is 3. The Kier molecular flexibility index (Phi) is 6.56. The Balaban J connectivity index is 1.69. The van der Waals surface area contributed by atoms with Gasteiger partial charge in [0.05, 0.1) is 0 Å². The largest absolute Gasteiger partial charge is 0.378 e. The number of nitrogens with one attached hydrogen (secondary N) is 1. The first-order chi connectivity index (χ1) is 13.4. The highest BCUT2D eigenvalue weighted by molar-refractivity contribution is 5.76. The van der Waals surface area contributed by atoms with Crippen LogP contribution in [-0.2, 0) is 10.2 Å². The van der Waals surface area contributed by atoms with Crippen molar-refractivity contribution in [2.75, 3.05) is 32.1 Å². The van der Waals surface area contributed by atoms with Crippen LogP contribution >= 0.6 is 0 Å². The Morgan fingerprint density at radius 2 is 1.93 bits per heavy atom. The molecule has 3 rings (SSSR count). The van der Waals surface area contributed by atoms with Gasteiger partial charge in [-0.15, -0.1) is 0 Å². The molecule has 0 atom stereocenters. The number of rotatable bonds is 9. The van der Waals surface area contributed by atoms with E-state index in [1.165, 1.54) is 33.5 Å². The van der Waals surface area contributed by atoms with Crippen LogP contribution in [0.25, 0.3) is 6.08 Å². The van der Waals surface area contributed by atoms with Crippen molar-refractivity contribution in [1.82, 2.24) is 5.32 Å². The third kappa shape index (κ3) is 4.47. The second-order valence-corrected chi connectivity index (χ2v) is 8.68. The van der Waals surface area contributed by atoms with Crippen molar-refractivity contribution < 1.29 is 4.79 Å². The lowest BCUT2D eigenvalue weighted by molar-refractivity contribution is -0.107. The summed E-state index contributed by atoms with van der Waals surface area (Å²) in [5.74, 6) is 0. The summed E-state index contributed by atoms with van der Waals surface area (Å²) in [6.45, 7) is 6.67. The Morgan fingerprint density at radius 3 is 2.68 bits per heavy atom. The van der Waals surface area contributed by atoms with Crippen LogP contribution in [0.3, 0.4) is 0 Å². The average Bonchev–Trinajstić information content (AvgIpc) is 2.67. The maximum absolute atomic E-state index is 10.3. The summed E-state index contributed by atoms with van der Waals surface area (Å²) in [6, 6.07) is 6.82. The molecule has 0 saturated heterocycles. The second kappa shape index (κ2) is 8.91. The number of fused-ring (bicyclic) bond motifs is 2. The van der Waals surface area contributed by atoms with E-state index in [9.17, 15) is 4.79 Å². The number of hydrogen-bond donors (Lipinski definition) is 1. The van der Waals surface area contributed by atoms with E-state index in [2.05, 4.69) is 74.6 Å². The van der Waals surface area contributed by atoms with Crippen LogP contribution in [0, 0.1) is 0 Å². The topological polar surface area (TPSA) is 32.3 Å². The minimum atomic E-state index is 0.0353. The zero-order chi connectivity index (χ0) is 20.1. The highest BCUT2D eigenvalue weighted by atomic mass is 16.1. The molecule has 1 aromatic carbocycles. The predicted octanol–water partition coefficient (Wildman–Crippen LogP) is 5.03. The SMILES string of the molecule is CN(C)c1ccc2c(c1)C(C)(C)C1=CCC(CCCNCCCC=O)=CC1=C2. The molecule has 0 aromatic heterocycles. The maximum Gasteiger partial charge on any atom is 0.120 e. The molecule has 3 nitrogen and oxygen atoms in total. The first-order valence-corrected chi connectivity index (χ1v) is 10.5. The van der Waals surface area contributed by atoms with E-state index in [1.54, 1.807) is 0 Å². The average molecular weight is 379 g/mol.